The molecule has 17 heavy (non-hydrogen) atoms. The number of aryl methyl sites for hydroxylation is 1. The lowest BCUT2D eigenvalue weighted by atomic mass is 10.1. The zero-order valence-corrected chi connectivity index (χ0v) is 11.7. The standard InChI is InChI=1S/C15H26N2/c1-5-7-10-17(4)15-9-8-14(12-16-6-2)13(3)11-15/h8-9,11,16H,5-7,10,12H2,1-4H3. The van der Waals surface area contributed by atoms with E-state index >= 15 is 0 Å². The van der Waals surface area contributed by atoms with E-state index < -0.39 is 0 Å². The molecule has 1 aromatic rings. The molecule has 0 heterocycles. The van der Waals surface area contributed by atoms with Gasteiger partial charge in [-0.25, -0.2) is 0 Å². The van der Waals surface area contributed by atoms with E-state index in [2.05, 4.69) is 56.2 Å². The summed E-state index contributed by atoms with van der Waals surface area (Å²) in [5.41, 5.74) is 4.11. The van der Waals surface area contributed by atoms with Gasteiger partial charge in [0.15, 0.2) is 0 Å². The van der Waals surface area contributed by atoms with Gasteiger partial charge in [0.05, 0.1) is 0 Å². The van der Waals surface area contributed by atoms with E-state index in [9.17, 15) is 0 Å². The summed E-state index contributed by atoms with van der Waals surface area (Å²) in [6.07, 6.45) is 2.51. The number of hydrogen-bond acceptors (Lipinski definition) is 2. The van der Waals surface area contributed by atoms with E-state index in [0.29, 0.717) is 0 Å². The molecule has 0 aliphatic carbocycles. The molecule has 0 aromatic heterocycles. The second-order valence-corrected chi connectivity index (χ2v) is 4.67. The van der Waals surface area contributed by atoms with Crippen molar-refractivity contribution >= 4 is 5.69 Å². The first-order valence-electron chi connectivity index (χ1n) is 6.70. The van der Waals surface area contributed by atoms with Gasteiger partial charge in [-0.2, -0.15) is 0 Å². The summed E-state index contributed by atoms with van der Waals surface area (Å²) in [5, 5.41) is 3.37. The van der Waals surface area contributed by atoms with Gasteiger partial charge < -0.3 is 10.2 Å². The van der Waals surface area contributed by atoms with Gasteiger partial charge in [-0.15, -0.1) is 0 Å². The van der Waals surface area contributed by atoms with Gasteiger partial charge in [-0.1, -0.05) is 26.3 Å². The maximum atomic E-state index is 3.37. The van der Waals surface area contributed by atoms with Crippen LogP contribution in [0.2, 0.25) is 0 Å². The van der Waals surface area contributed by atoms with Gasteiger partial charge in [0, 0.05) is 25.8 Å². The molecule has 1 rings (SSSR count). The highest BCUT2D eigenvalue weighted by atomic mass is 15.1. The fourth-order valence-electron chi connectivity index (χ4n) is 1.90. The third kappa shape index (κ3) is 4.39. The van der Waals surface area contributed by atoms with Crippen molar-refractivity contribution in [2.45, 2.75) is 40.2 Å². The monoisotopic (exact) mass is 234 g/mol. The molecule has 0 aliphatic rings. The molecule has 0 saturated heterocycles. The van der Waals surface area contributed by atoms with Crippen LogP contribution in [0.15, 0.2) is 18.2 Å². The fourth-order valence-corrected chi connectivity index (χ4v) is 1.90. The Morgan fingerprint density at radius 3 is 2.59 bits per heavy atom. The largest absolute Gasteiger partial charge is 0.375 e. The van der Waals surface area contributed by atoms with E-state index in [-0.39, 0.29) is 0 Å². The third-order valence-electron chi connectivity index (χ3n) is 3.18. The maximum Gasteiger partial charge on any atom is 0.0366 e. The number of anilines is 1. The first-order valence-corrected chi connectivity index (χ1v) is 6.70. The second kappa shape index (κ2) is 7.33. The average Bonchev–Trinajstić information content (AvgIpc) is 2.34. The second-order valence-electron chi connectivity index (χ2n) is 4.67. The summed E-state index contributed by atoms with van der Waals surface area (Å²) >= 11 is 0. The molecule has 0 bridgehead atoms. The van der Waals surface area contributed by atoms with Crippen molar-refractivity contribution < 1.29 is 0 Å². The smallest absolute Gasteiger partial charge is 0.0366 e. The van der Waals surface area contributed by atoms with E-state index in [0.717, 1.165) is 19.6 Å². The first-order chi connectivity index (χ1) is 8.19. The van der Waals surface area contributed by atoms with Gasteiger partial charge in [0.25, 0.3) is 0 Å². The highest BCUT2D eigenvalue weighted by molar-refractivity contribution is 5.50. The summed E-state index contributed by atoms with van der Waals surface area (Å²) in [7, 11) is 2.17. The number of nitrogens with zero attached hydrogens (tertiary/aromatic N) is 1. The molecule has 0 atom stereocenters. The topological polar surface area (TPSA) is 15.3 Å². The summed E-state index contributed by atoms with van der Waals surface area (Å²) < 4.78 is 0. The van der Waals surface area contributed by atoms with Crippen LogP contribution in [-0.2, 0) is 6.54 Å². The highest BCUT2D eigenvalue weighted by Gasteiger charge is 2.03. The van der Waals surface area contributed by atoms with Crippen molar-refractivity contribution in [2.75, 3.05) is 25.0 Å². The zero-order chi connectivity index (χ0) is 12.7. The van der Waals surface area contributed by atoms with Crippen LogP contribution in [0.5, 0.6) is 0 Å². The average molecular weight is 234 g/mol. The first kappa shape index (κ1) is 14.0. The van der Waals surface area contributed by atoms with Crippen LogP contribution in [0.25, 0.3) is 0 Å². The summed E-state index contributed by atoms with van der Waals surface area (Å²) in [6, 6.07) is 6.77. The van der Waals surface area contributed by atoms with Gasteiger partial charge in [0.2, 0.25) is 0 Å². The number of unbranched alkanes of at least 4 members (excludes halogenated alkanes) is 1. The molecule has 0 radical (unpaired) electrons. The molecule has 1 aromatic carbocycles. The lowest BCUT2D eigenvalue weighted by Gasteiger charge is -2.20. The Morgan fingerprint density at radius 2 is 2.00 bits per heavy atom. The molecule has 0 spiro atoms. The van der Waals surface area contributed by atoms with Crippen LogP contribution in [0.3, 0.4) is 0 Å². The predicted molar refractivity (Wildman–Crippen MR) is 76.7 cm³/mol. The SMILES string of the molecule is CCCCN(C)c1ccc(CNCC)c(C)c1. The number of nitrogens with one attached hydrogen (secondary N) is 1. The van der Waals surface area contributed by atoms with Crippen LogP contribution >= 0.6 is 0 Å². The van der Waals surface area contributed by atoms with Crippen molar-refractivity contribution in [1.29, 1.82) is 0 Å². The van der Waals surface area contributed by atoms with Gasteiger partial charge in [0.1, 0.15) is 0 Å². The van der Waals surface area contributed by atoms with E-state index in [1.54, 1.807) is 0 Å². The number of benzene rings is 1. The number of hydrogen-bond donors (Lipinski definition) is 1. The molecule has 0 aliphatic heterocycles. The Kier molecular flexibility index (Phi) is 6.06. The van der Waals surface area contributed by atoms with E-state index in [4.69, 9.17) is 0 Å². The zero-order valence-electron chi connectivity index (χ0n) is 11.7. The molecule has 0 saturated carbocycles. The van der Waals surface area contributed by atoms with Crippen molar-refractivity contribution in [3.8, 4) is 0 Å². The van der Waals surface area contributed by atoms with Crippen molar-refractivity contribution in [3.63, 3.8) is 0 Å². The summed E-state index contributed by atoms with van der Waals surface area (Å²) in [6.45, 7) is 9.71. The normalized spacial score (nSPS) is 10.6. The van der Waals surface area contributed by atoms with E-state index in [1.807, 2.05) is 0 Å². The van der Waals surface area contributed by atoms with Crippen LogP contribution in [-0.4, -0.2) is 20.1 Å². The molecule has 2 nitrogen and oxygen atoms in total. The Morgan fingerprint density at radius 1 is 1.24 bits per heavy atom. The van der Waals surface area contributed by atoms with Gasteiger partial charge in [-0.05, 0) is 43.1 Å². The minimum Gasteiger partial charge on any atom is -0.375 e. The third-order valence-corrected chi connectivity index (χ3v) is 3.18. The Hall–Kier alpha value is -1.02. The quantitative estimate of drug-likeness (QED) is 0.778. The minimum atomic E-state index is 0.973. The minimum absolute atomic E-state index is 0.973. The summed E-state index contributed by atoms with van der Waals surface area (Å²) in [4.78, 5) is 2.34. The van der Waals surface area contributed by atoms with Crippen molar-refractivity contribution in [1.82, 2.24) is 5.32 Å². The molecule has 0 unspecified atom stereocenters. The van der Waals surface area contributed by atoms with Crippen LogP contribution in [0, 0.1) is 6.92 Å². The molecular formula is C15H26N2. The van der Waals surface area contributed by atoms with Crippen LogP contribution in [0.1, 0.15) is 37.8 Å². The Balaban J connectivity index is 2.67. The maximum absolute atomic E-state index is 3.37. The molecule has 0 amide bonds. The molecule has 1 N–H and O–H groups in total. The van der Waals surface area contributed by atoms with Gasteiger partial charge in [-0.3, -0.25) is 0 Å². The van der Waals surface area contributed by atoms with Crippen molar-refractivity contribution in [2.24, 2.45) is 0 Å². The predicted octanol–water partition coefficient (Wildman–Crippen LogP) is 3.34. The Bertz CT molecular complexity index is 334. The molecule has 0 fully saturated rings. The van der Waals surface area contributed by atoms with E-state index in [1.165, 1.54) is 29.7 Å². The van der Waals surface area contributed by atoms with Gasteiger partial charge >= 0.3 is 0 Å². The molecular weight excluding hydrogens is 208 g/mol. The fraction of sp³-hybridized carbons (Fsp3) is 0.600. The molecule has 96 valence electrons. The van der Waals surface area contributed by atoms with Crippen LogP contribution < -0.4 is 10.2 Å². The van der Waals surface area contributed by atoms with Crippen molar-refractivity contribution in [3.05, 3.63) is 29.3 Å². The lowest BCUT2D eigenvalue weighted by molar-refractivity contribution is 0.723. The van der Waals surface area contributed by atoms with Crippen LogP contribution in [0.4, 0.5) is 5.69 Å². The summed E-state index contributed by atoms with van der Waals surface area (Å²) in [5.74, 6) is 0. The highest BCUT2D eigenvalue weighted by Crippen LogP contribution is 2.18. The number of rotatable bonds is 7. The lowest BCUT2D eigenvalue weighted by Crippen LogP contribution is -2.19. The molecule has 2 heteroatoms. The Labute approximate surface area is 106 Å².